The first-order chi connectivity index (χ1) is 11.4. The molecule has 2 aromatic rings. The molecule has 0 saturated heterocycles. The number of amides is 1. The predicted octanol–water partition coefficient (Wildman–Crippen LogP) is 4.50. The average molecular weight is 326 g/mol. The van der Waals surface area contributed by atoms with Crippen molar-refractivity contribution in [2.24, 2.45) is 0 Å². The quantitative estimate of drug-likeness (QED) is 0.768. The van der Waals surface area contributed by atoms with Crippen molar-refractivity contribution < 1.29 is 9.53 Å². The Labute approximate surface area is 144 Å². The van der Waals surface area contributed by atoms with Crippen LogP contribution in [0.25, 0.3) is 0 Å². The normalized spacial score (nSPS) is 13.2. The molecule has 0 aliphatic rings. The van der Waals surface area contributed by atoms with Crippen molar-refractivity contribution in [2.45, 2.75) is 46.1 Å². The first-order valence-corrected chi connectivity index (χ1v) is 8.35. The minimum absolute atomic E-state index is 0.179. The number of rotatable bonds is 6. The van der Waals surface area contributed by atoms with E-state index >= 15 is 0 Å². The SMILES string of the molecule is CCC(C)c1ccccc1OC(C)C(=O)Nc1ccc(N)cc1C. The van der Waals surface area contributed by atoms with Crippen LogP contribution in [-0.4, -0.2) is 12.0 Å². The highest BCUT2D eigenvalue weighted by Crippen LogP contribution is 2.29. The van der Waals surface area contributed by atoms with Crippen LogP contribution in [0.4, 0.5) is 11.4 Å². The van der Waals surface area contributed by atoms with Gasteiger partial charge in [-0.25, -0.2) is 0 Å². The number of aryl methyl sites for hydroxylation is 1. The Kier molecular flexibility index (Phi) is 5.85. The van der Waals surface area contributed by atoms with Crippen molar-refractivity contribution in [1.29, 1.82) is 0 Å². The van der Waals surface area contributed by atoms with E-state index in [1.807, 2.05) is 37.3 Å². The van der Waals surface area contributed by atoms with Gasteiger partial charge >= 0.3 is 0 Å². The highest BCUT2D eigenvalue weighted by atomic mass is 16.5. The van der Waals surface area contributed by atoms with Crippen LogP contribution in [0, 0.1) is 6.92 Å². The second-order valence-corrected chi connectivity index (χ2v) is 6.17. The Balaban J connectivity index is 2.09. The van der Waals surface area contributed by atoms with Crippen LogP contribution in [0.5, 0.6) is 5.75 Å². The van der Waals surface area contributed by atoms with Crippen molar-refractivity contribution in [3.63, 3.8) is 0 Å². The molecule has 0 aliphatic heterocycles. The fourth-order valence-electron chi connectivity index (χ4n) is 2.52. The summed E-state index contributed by atoms with van der Waals surface area (Å²) in [6.07, 6.45) is 0.429. The maximum Gasteiger partial charge on any atom is 0.265 e. The third-order valence-electron chi connectivity index (χ3n) is 4.24. The first kappa shape index (κ1) is 17.9. The molecule has 0 aromatic heterocycles. The highest BCUT2D eigenvalue weighted by Gasteiger charge is 2.18. The number of anilines is 2. The maximum atomic E-state index is 12.4. The van der Waals surface area contributed by atoms with Crippen LogP contribution in [0.15, 0.2) is 42.5 Å². The van der Waals surface area contributed by atoms with Crippen LogP contribution in [0.2, 0.25) is 0 Å². The standard InChI is InChI=1S/C20H26N2O2/c1-5-13(2)17-8-6-7-9-19(17)24-15(4)20(23)22-18-11-10-16(21)12-14(18)3/h6-13,15H,5,21H2,1-4H3,(H,22,23). The number of nitrogens with one attached hydrogen (secondary N) is 1. The van der Waals surface area contributed by atoms with Crippen molar-refractivity contribution >= 4 is 17.3 Å². The van der Waals surface area contributed by atoms with Crippen LogP contribution >= 0.6 is 0 Å². The Morgan fingerprint density at radius 2 is 1.92 bits per heavy atom. The fraction of sp³-hybridized carbons (Fsp3) is 0.350. The first-order valence-electron chi connectivity index (χ1n) is 8.35. The zero-order valence-corrected chi connectivity index (χ0v) is 14.8. The lowest BCUT2D eigenvalue weighted by molar-refractivity contribution is -0.122. The molecular formula is C20H26N2O2. The van der Waals surface area contributed by atoms with Gasteiger partial charge in [0.25, 0.3) is 5.91 Å². The van der Waals surface area contributed by atoms with Gasteiger partial charge < -0.3 is 15.8 Å². The molecular weight excluding hydrogens is 300 g/mol. The smallest absolute Gasteiger partial charge is 0.265 e. The van der Waals surface area contributed by atoms with Crippen molar-refractivity contribution in [3.05, 3.63) is 53.6 Å². The van der Waals surface area contributed by atoms with Gasteiger partial charge in [0.2, 0.25) is 0 Å². The molecule has 2 aromatic carbocycles. The summed E-state index contributed by atoms with van der Waals surface area (Å²) in [5.74, 6) is 0.973. The lowest BCUT2D eigenvalue weighted by atomic mass is 9.98. The third-order valence-corrected chi connectivity index (χ3v) is 4.24. The number of hydrogen-bond donors (Lipinski definition) is 2. The van der Waals surface area contributed by atoms with Crippen LogP contribution < -0.4 is 15.8 Å². The molecule has 1 amide bonds. The molecule has 0 bridgehead atoms. The molecule has 0 fully saturated rings. The molecule has 2 unspecified atom stereocenters. The van der Waals surface area contributed by atoms with Crippen LogP contribution in [0.1, 0.15) is 44.2 Å². The Bertz CT molecular complexity index is 713. The van der Waals surface area contributed by atoms with E-state index in [2.05, 4.69) is 25.2 Å². The number of ether oxygens (including phenoxy) is 1. The van der Waals surface area contributed by atoms with Crippen molar-refractivity contribution in [1.82, 2.24) is 0 Å². The van der Waals surface area contributed by atoms with E-state index in [0.29, 0.717) is 11.6 Å². The van der Waals surface area contributed by atoms with E-state index in [-0.39, 0.29) is 5.91 Å². The Morgan fingerprint density at radius 3 is 2.58 bits per heavy atom. The summed E-state index contributed by atoms with van der Waals surface area (Å²) in [5.41, 5.74) is 9.22. The minimum atomic E-state index is -0.591. The fourth-order valence-corrected chi connectivity index (χ4v) is 2.52. The number of hydrogen-bond acceptors (Lipinski definition) is 3. The van der Waals surface area contributed by atoms with E-state index in [4.69, 9.17) is 10.5 Å². The zero-order valence-electron chi connectivity index (χ0n) is 14.8. The van der Waals surface area contributed by atoms with E-state index < -0.39 is 6.10 Å². The summed E-state index contributed by atoms with van der Waals surface area (Å²) >= 11 is 0. The summed E-state index contributed by atoms with van der Waals surface area (Å²) in [4.78, 5) is 12.4. The molecule has 0 saturated carbocycles. The van der Waals surface area contributed by atoms with E-state index in [1.165, 1.54) is 0 Å². The number of para-hydroxylation sites is 1. The molecule has 0 radical (unpaired) electrons. The van der Waals surface area contributed by atoms with Gasteiger partial charge in [0.05, 0.1) is 0 Å². The molecule has 0 aliphatic carbocycles. The number of nitrogen functional groups attached to an aromatic ring is 1. The summed E-state index contributed by atoms with van der Waals surface area (Å²) in [5, 5.41) is 2.90. The lowest BCUT2D eigenvalue weighted by Crippen LogP contribution is -2.30. The second-order valence-electron chi connectivity index (χ2n) is 6.17. The van der Waals surface area contributed by atoms with Crippen LogP contribution in [0.3, 0.4) is 0 Å². The topological polar surface area (TPSA) is 64.3 Å². The second kappa shape index (κ2) is 7.86. The van der Waals surface area contributed by atoms with Gasteiger partial charge in [0.1, 0.15) is 5.75 Å². The summed E-state index contributed by atoms with van der Waals surface area (Å²) in [7, 11) is 0. The van der Waals surface area contributed by atoms with Gasteiger partial charge in [-0.05, 0) is 61.6 Å². The van der Waals surface area contributed by atoms with Crippen molar-refractivity contribution in [2.75, 3.05) is 11.1 Å². The molecule has 3 N–H and O–H groups in total. The van der Waals surface area contributed by atoms with Crippen molar-refractivity contribution in [3.8, 4) is 5.75 Å². The molecule has 2 atom stereocenters. The molecule has 0 heterocycles. The van der Waals surface area contributed by atoms with E-state index in [0.717, 1.165) is 29.0 Å². The molecule has 4 heteroatoms. The van der Waals surface area contributed by atoms with Gasteiger partial charge in [-0.1, -0.05) is 32.0 Å². The van der Waals surface area contributed by atoms with Crippen LogP contribution in [-0.2, 0) is 4.79 Å². The molecule has 2 rings (SSSR count). The van der Waals surface area contributed by atoms with Gasteiger partial charge in [-0.3, -0.25) is 4.79 Å². The molecule has 128 valence electrons. The summed E-state index contributed by atoms with van der Waals surface area (Å²) in [6, 6.07) is 13.3. The molecule has 24 heavy (non-hydrogen) atoms. The minimum Gasteiger partial charge on any atom is -0.481 e. The average Bonchev–Trinajstić information content (AvgIpc) is 2.57. The number of carbonyl (C=O) groups is 1. The number of nitrogens with two attached hydrogens (primary N) is 1. The van der Waals surface area contributed by atoms with Gasteiger partial charge in [-0.2, -0.15) is 0 Å². The van der Waals surface area contributed by atoms with Gasteiger partial charge in [0, 0.05) is 11.4 Å². The summed E-state index contributed by atoms with van der Waals surface area (Å²) in [6.45, 7) is 7.97. The molecule has 4 nitrogen and oxygen atoms in total. The number of carbonyl (C=O) groups excluding carboxylic acids is 1. The Hall–Kier alpha value is -2.49. The Morgan fingerprint density at radius 1 is 1.21 bits per heavy atom. The van der Waals surface area contributed by atoms with E-state index in [1.54, 1.807) is 13.0 Å². The highest BCUT2D eigenvalue weighted by molar-refractivity contribution is 5.95. The third kappa shape index (κ3) is 4.28. The number of benzene rings is 2. The predicted molar refractivity (Wildman–Crippen MR) is 99.5 cm³/mol. The van der Waals surface area contributed by atoms with Gasteiger partial charge in [0.15, 0.2) is 6.10 Å². The largest absolute Gasteiger partial charge is 0.481 e. The van der Waals surface area contributed by atoms with E-state index in [9.17, 15) is 4.79 Å². The van der Waals surface area contributed by atoms with Gasteiger partial charge in [-0.15, -0.1) is 0 Å². The zero-order chi connectivity index (χ0) is 17.7. The maximum absolute atomic E-state index is 12.4. The summed E-state index contributed by atoms with van der Waals surface area (Å²) < 4.78 is 5.93. The lowest BCUT2D eigenvalue weighted by Gasteiger charge is -2.20. The molecule has 0 spiro atoms. The monoisotopic (exact) mass is 326 g/mol.